The lowest BCUT2D eigenvalue weighted by Crippen LogP contribution is -2.58. The summed E-state index contributed by atoms with van der Waals surface area (Å²) in [6.07, 6.45) is 10.9. The maximum Gasteiger partial charge on any atom is 0.275 e. The van der Waals surface area contributed by atoms with Gasteiger partial charge in [0.1, 0.15) is 23.7 Å². The minimum absolute atomic E-state index is 0.0235. The van der Waals surface area contributed by atoms with Crippen LogP contribution in [0.15, 0.2) is 101 Å². The number of hydroxylamine groups is 1. The first kappa shape index (κ1) is 56.9. The molecule has 416 valence electrons. The second kappa shape index (κ2) is 24.2. The highest BCUT2D eigenvalue weighted by Crippen LogP contribution is 2.47. The number of aliphatic hydroxyl groups is 1. The molecule has 0 spiro atoms. The third-order valence-electron chi connectivity index (χ3n) is 14.5. The Morgan fingerprint density at radius 1 is 0.923 bits per heavy atom. The van der Waals surface area contributed by atoms with Gasteiger partial charge < -0.3 is 40.3 Å². The van der Waals surface area contributed by atoms with E-state index in [1.807, 2.05) is 20.8 Å². The third-order valence-corrected chi connectivity index (χ3v) is 15.3. The minimum atomic E-state index is -3.79. The smallest absolute Gasteiger partial charge is 0.275 e. The van der Waals surface area contributed by atoms with Gasteiger partial charge in [-0.2, -0.15) is 5.48 Å². The van der Waals surface area contributed by atoms with Crippen LogP contribution in [0.1, 0.15) is 103 Å². The Labute approximate surface area is 451 Å². The van der Waals surface area contributed by atoms with Crippen LogP contribution < -0.4 is 36.7 Å². The van der Waals surface area contributed by atoms with Crippen molar-refractivity contribution in [3.05, 3.63) is 135 Å². The van der Waals surface area contributed by atoms with Crippen molar-refractivity contribution in [2.24, 2.45) is 12.5 Å². The fourth-order valence-electron chi connectivity index (χ4n) is 10.6. The number of unbranched alkanes of at least 4 members (excludes halogenated alkanes) is 7. The van der Waals surface area contributed by atoms with E-state index in [2.05, 4.69) is 26.4 Å². The number of hydrogen-bond acceptors (Lipinski definition) is 12. The molecule has 5 heterocycles. The molecule has 0 saturated carbocycles. The number of β-amino-alcohol motifs (C(OH)–C–C–N with tert-alkyl or cyclic N) is 1. The molecular formula is C57H67F3N8O9S. The predicted molar refractivity (Wildman–Crippen MR) is 289 cm³/mol. The monoisotopic (exact) mass is 1100 g/mol. The van der Waals surface area contributed by atoms with Crippen molar-refractivity contribution in [2.75, 3.05) is 36.5 Å². The van der Waals surface area contributed by atoms with Crippen LogP contribution in [0.3, 0.4) is 0 Å². The van der Waals surface area contributed by atoms with Gasteiger partial charge >= 0.3 is 0 Å². The number of anilines is 1. The summed E-state index contributed by atoms with van der Waals surface area (Å²) in [5.41, 5.74) is 4.17. The number of sulfone groups is 1. The first-order valence-corrected chi connectivity index (χ1v) is 28.5. The first-order valence-electron chi connectivity index (χ1n) is 26.4. The van der Waals surface area contributed by atoms with Crippen LogP contribution in [0.25, 0.3) is 22.4 Å². The Morgan fingerprint density at radius 3 is 2.29 bits per heavy atom. The summed E-state index contributed by atoms with van der Waals surface area (Å²) < 4.78 is 71.2. The maximum absolute atomic E-state index is 15.4. The molecule has 4 amide bonds. The zero-order chi connectivity index (χ0) is 56.1. The van der Waals surface area contributed by atoms with Crippen molar-refractivity contribution < 1.29 is 50.7 Å². The molecule has 0 bridgehead atoms. The number of nitrogens with one attached hydrogen (secondary N) is 4. The van der Waals surface area contributed by atoms with Crippen LogP contribution in [0, 0.1) is 22.9 Å². The van der Waals surface area contributed by atoms with E-state index in [1.54, 1.807) is 61.8 Å². The SMILES string of the molecule is Cn1ccc2c(c1=O)C1=C3C(=CN(c4ncc(F)cc4F)C3CCN1)C(C(=O)NCCCCCCCCCCC(=O)N[C@H](C(=O)N1C[C@H](O)C[C@H]1C(=O)NOc1ccc(-c3ccccc3F)cc1)C(C)(C)C)=C2CS(C)(=O)=O. The Balaban J connectivity index is 0.805. The van der Waals surface area contributed by atoms with Gasteiger partial charge in [-0.05, 0) is 65.6 Å². The van der Waals surface area contributed by atoms with Crippen molar-refractivity contribution in [3.63, 3.8) is 0 Å². The lowest BCUT2D eigenvalue weighted by Gasteiger charge is -2.35. The topological polar surface area (TPSA) is 221 Å². The van der Waals surface area contributed by atoms with E-state index in [4.69, 9.17) is 4.84 Å². The molecule has 1 unspecified atom stereocenters. The number of aryl methyl sites for hydroxylation is 1. The molecule has 2 aromatic carbocycles. The lowest BCUT2D eigenvalue weighted by molar-refractivity contribution is -0.145. The molecule has 4 aromatic rings. The van der Waals surface area contributed by atoms with Crippen molar-refractivity contribution in [1.82, 2.24) is 35.9 Å². The summed E-state index contributed by atoms with van der Waals surface area (Å²) in [5.74, 6) is -4.64. The number of likely N-dealkylation sites (tertiary alicyclic amines) is 1. The van der Waals surface area contributed by atoms with Crippen molar-refractivity contribution in [3.8, 4) is 16.9 Å². The predicted octanol–water partition coefficient (Wildman–Crippen LogP) is 6.38. The molecule has 1 aliphatic carbocycles. The molecule has 4 atom stereocenters. The molecule has 2 aromatic heterocycles. The van der Waals surface area contributed by atoms with Crippen LogP contribution in [0.5, 0.6) is 5.75 Å². The number of amides is 4. The summed E-state index contributed by atoms with van der Waals surface area (Å²) in [7, 11) is -2.21. The van der Waals surface area contributed by atoms with E-state index in [0.717, 1.165) is 57.0 Å². The van der Waals surface area contributed by atoms with Gasteiger partial charge in [-0.25, -0.2) is 26.6 Å². The van der Waals surface area contributed by atoms with Gasteiger partial charge in [-0.15, -0.1) is 0 Å². The first-order chi connectivity index (χ1) is 37.1. The number of pyridine rings is 2. The minimum Gasteiger partial charge on any atom is -0.391 e. The molecule has 4 aliphatic rings. The van der Waals surface area contributed by atoms with Crippen LogP contribution in [-0.4, -0.2) is 107 Å². The van der Waals surface area contributed by atoms with Gasteiger partial charge in [0.05, 0.1) is 40.9 Å². The van der Waals surface area contributed by atoms with Crippen molar-refractivity contribution >= 4 is 50.6 Å². The van der Waals surface area contributed by atoms with Crippen LogP contribution >= 0.6 is 0 Å². The summed E-state index contributed by atoms with van der Waals surface area (Å²) in [6.45, 7) is 5.96. The Bertz CT molecular complexity index is 3230. The fraction of sp³-hybridized carbons (Fsp3) is 0.439. The number of rotatable bonds is 21. The molecule has 5 N–H and O–H groups in total. The average molecular weight is 1100 g/mol. The summed E-state index contributed by atoms with van der Waals surface area (Å²) in [6, 6.07) is 12.5. The lowest BCUT2D eigenvalue weighted by atomic mass is 9.85. The molecule has 17 nitrogen and oxygen atoms in total. The Hall–Kier alpha value is -7.26. The van der Waals surface area contributed by atoms with Gasteiger partial charge in [0.2, 0.25) is 11.8 Å². The second-order valence-corrected chi connectivity index (χ2v) is 23.7. The summed E-state index contributed by atoms with van der Waals surface area (Å²) in [5, 5.41) is 19.8. The number of aliphatic hydroxyl groups excluding tert-OH is 1. The second-order valence-electron chi connectivity index (χ2n) is 21.5. The standard InChI is InChI=1S/C57H67F3N8O9S/c1-57(2,3)51(56(74)68-31-36(69)29-45(68)53(71)65-77-37-21-19-34(20-22-37)38-16-13-14-17-42(38)59)64-46(70)18-12-10-8-6-7-9-11-15-25-62-54(72)47-40-32-67(52-43(60)28-35(58)30-63-52)44-23-26-61-50(48(40)44)49-39(24-27-66(4)55(49)73)41(47)33-78(5,75)76/h13-14,16-17,19-22,24,27-28,30,32,36,44-45,51,61,69H,6-12,15,18,23,25-26,29,31,33H2,1-5H3,(H,62,72)(H,64,70)(H,65,71)/t36-,44?,45+,51-/m1/s1. The van der Waals surface area contributed by atoms with Crippen LogP contribution in [0.4, 0.5) is 19.0 Å². The molecule has 21 heteroatoms. The highest BCUT2D eigenvalue weighted by Gasteiger charge is 2.46. The Morgan fingerprint density at radius 2 is 1.62 bits per heavy atom. The summed E-state index contributed by atoms with van der Waals surface area (Å²) >= 11 is 0. The van der Waals surface area contributed by atoms with Gasteiger partial charge in [0.25, 0.3) is 17.4 Å². The number of hydrogen-bond donors (Lipinski definition) is 5. The number of carbonyl (C=O) groups excluding carboxylic acids is 4. The number of halogens is 3. The van der Waals surface area contributed by atoms with E-state index >= 15 is 4.39 Å². The van der Waals surface area contributed by atoms with Gasteiger partial charge in [-0.1, -0.05) is 89.6 Å². The Kier molecular flexibility index (Phi) is 17.6. The van der Waals surface area contributed by atoms with E-state index in [0.29, 0.717) is 59.3 Å². The molecular weight excluding hydrogens is 1030 g/mol. The molecule has 78 heavy (non-hydrogen) atoms. The highest BCUT2D eigenvalue weighted by atomic mass is 32.2. The largest absolute Gasteiger partial charge is 0.391 e. The molecule has 1 saturated heterocycles. The summed E-state index contributed by atoms with van der Waals surface area (Å²) in [4.78, 5) is 81.5. The van der Waals surface area contributed by atoms with E-state index in [9.17, 15) is 46.3 Å². The molecule has 3 aliphatic heterocycles. The molecule has 0 radical (unpaired) electrons. The van der Waals surface area contributed by atoms with Crippen LogP contribution in [-0.2, 0) is 36.1 Å². The quantitative estimate of drug-likeness (QED) is 0.0453. The third kappa shape index (κ3) is 13.0. The number of nitrogens with zero attached hydrogens (tertiary/aromatic N) is 4. The number of aromatic nitrogens is 2. The van der Waals surface area contributed by atoms with Gasteiger partial charge in [0, 0.05) is 81.0 Å². The van der Waals surface area contributed by atoms with Gasteiger partial charge in [0.15, 0.2) is 27.2 Å². The molecule has 1 fully saturated rings. The van der Waals surface area contributed by atoms with Crippen molar-refractivity contribution in [2.45, 2.75) is 116 Å². The fourth-order valence-corrected chi connectivity index (χ4v) is 11.5. The molecule has 8 rings (SSSR count). The zero-order valence-corrected chi connectivity index (χ0v) is 45.3. The van der Waals surface area contributed by atoms with E-state index < -0.39 is 80.1 Å². The number of fused-ring (bicyclic) bond motifs is 2. The van der Waals surface area contributed by atoms with Crippen LogP contribution in [0.2, 0.25) is 0 Å². The maximum atomic E-state index is 15.4. The normalized spacial score (nSPS) is 18.4. The van der Waals surface area contributed by atoms with E-state index in [1.165, 1.54) is 26.6 Å². The van der Waals surface area contributed by atoms with E-state index in [-0.39, 0.29) is 65.9 Å². The highest BCUT2D eigenvalue weighted by molar-refractivity contribution is 7.91. The average Bonchev–Trinajstić information content (AvgIpc) is 4.11. The van der Waals surface area contributed by atoms with Crippen molar-refractivity contribution in [1.29, 1.82) is 0 Å². The zero-order valence-electron chi connectivity index (χ0n) is 44.5. The van der Waals surface area contributed by atoms with Gasteiger partial charge in [-0.3, -0.25) is 24.0 Å². The number of carbonyl (C=O) groups is 4. The number of benzene rings is 2.